The Morgan fingerprint density at radius 2 is 1.69 bits per heavy atom. The number of phenolic OH excluding ortho intramolecular Hbond substituents is 1. The Morgan fingerprint density at radius 1 is 1.04 bits per heavy atom. The van der Waals surface area contributed by atoms with Crippen molar-refractivity contribution in [2.45, 2.75) is 6.92 Å². The minimum absolute atomic E-state index is 0.0317. The molecule has 0 spiro atoms. The minimum atomic E-state index is 0.0317. The highest BCUT2D eigenvalue weighted by atomic mass is 16.5. The maximum Gasteiger partial charge on any atom is 0.246 e. The molecule has 0 aromatic heterocycles. The molecule has 5 heteroatoms. The average Bonchev–Trinajstić information content (AvgIpc) is 2.68. The van der Waals surface area contributed by atoms with Crippen LogP contribution in [0, 0.1) is 0 Å². The predicted molar refractivity (Wildman–Crippen MR) is 104 cm³/mol. The van der Waals surface area contributed by atoms with Gasteiger partial charge in [-0.1, -0.05) is 12.1 Å². The van der Waals surface area contributed by atoms with E-state index in [-0.39, 0.29) is 11.7 Å². The number of ether oxygens (including phenoxy) is 1. The van der Waals surface area contributed by atoms with Crippen molar-refractivity contribution in [2.75, 3.05) is 37.7 Å². The fourth-order valence-corrected chi connectivity index (χ4v) is 2.96. The molecule has 0 atom stereocenters. The number of phenols is 1. The van der Waals surface area contributed by atoms with Gasteiger partial charge >= 0.3 is 0 Å². The summed E-state index contributed by atoms with van der Waals surface area (Å²) >= 11 is 0. The molecule has 2 aromatic carbocycles. The fourth-order valence-electron chi connectivity index (χ4n) is 2.96. The van der Waals surface area contributed by atoms with Gasteiger partial charge in [-0.05, 0) is 55.0 Å². The van der Waals surface area contributed by atoms with E-state index >= 15 is 0 Å². The summed E-state index contributed by atoms with van der Waals surface area (Å²) in [6.07, 6.45) is 3.47. The normalized spacial score (nSPS) is 14.7. The molecule has 0 unspecified atom stereocenters. The Kier molecular flexibility index (Phi) is 5.79. The Labute approximate surface area is 154 Å². The molecule has 5 nitrogen and oxygen atoms in total. The first kappa shape index (κ1) is 17.9. The van der Waals surface area contributed by atoms with Gasteiger partial charge in [0.05, 0.1) is 6.61 Å². The maximum absolute atomic E-state index is 12.4. The van der Waals surface area contributed by atoms with Gasteiger partial charge in [-0.2, -0.15) is 0 Å². The van der Waals surface area contributed by atoms with Crippen molar-refractivity contribution in [1.82, 2.24) is 4.90 Å². The van der Waals surface area contributed by atoms with Crippen LogP contribution in [0.4, 0.5) is 5.69 Å². The van der Waals surface area contributed by atoms with E-state index in [2.05, 4.69) is 4.90 Å². The van der Waals surface area contributed by atoms with E-state index in [1.165, 1.54) is 0 Å². The van der Waals surface area contributed by atoms with E-state index in [9.17, 15) is 9.90 Å². The first-order valence-corrected chi connectivity index (χ1v) is 8.89. The van der Waals surface area contributed by atoms with E-state index < -0.39 is 0 Å². The molecule has 136 valence electrons. The topological polar surface area (TPSA) is 53.0 Å². The van der Waals surface area contributed by atoms with Crippen LogP contribution in [0.25, 0.3) is 6.08 Å². The molecule has 0 bridgehead atoms. The number of carbonyl (C=O) groups is 1. The number of benzene rings is 2. The van der Waals surface area contributed by atoms with Crippen molar-refractivity contribution in [3.63, 3.8) is 0 Å². The van der Waals surface area contributed by atoms with Crippen molar-refractivity contribution in [3.8, 4) is 11.5 Å². The summed E-state index contributed by atoms with van der Waals surface area (Å²) in [5.41, 5.74) is 2.05. The molecule has 3 rings (SSSR count). The number of hydrogen-bond donors (Lipinski definition) is 1. The van der Waals surface area contributed by atoms with Gasteiger partial charge < -0.3 is 19.6 Å². The lowest BCUT2D eigenvalue weighted by Gasteiger charge is -2.35. The Morgan fingerprint density at radius 3 is 2.31 bits per heavy atom. The summed E-state index contributed by atoms with van der Waals surface area (Å²) < 4.78 is 5.42. The van der Waals surface area contributed by atoms with Crippen LogP contribution in [0.1, 0.15) is 12.5 Å². The van der Waals surface area contributed by atoms with Gasteiger partial charge in [0, 0.05) is 37.9 Å². The summed E-state index contributed by atoms with van der Waals surface area (Å²) in [7, 11) is 0. The van der Waals surface area contributed by atoms with E-state index in [4.69, 9.17) is 4.74 Å². The Hall–Kier alpha value is -2.95. The van der Waals surface area contributed by atoms with E-state index in [0.717, 1.165) is 30.1 Å². The van der Waals surface area contributed by atoms with Crippen molar-refractivity contribution in [2.24, 2.45) is 0 Å². The smallest absolute Gasteiger partial charge is 0.246 e. The fraction of sp³-hybridized carbons (Fsp3) is 0.286. The number of aromatic hydroxyl groups is 1. The van der Waals surface area contributed by atoms with Crippen molar-refractivity contribution in [3.05, 3.63) is 60.2 Å². The molecule has 1 N–H and O–H groups in total. The summed E-state index contributed by atoms with van der Waals surface area (Å²) in [5, 5.41) is 9.38. The molecule has 0 aliphatic carbocycles. The molecule has 1 amide bonds. The lowest BCUT2D eigenvalue weighted by atomic mass is 10.2. The number of piperazine rings is 1. The standard InChI is InChI=1S/C21H24N2O3/c1-2-26-20-10-3-17(4-11-20)5-12-21(25)23-15-13-22(14-16-23)18-6-8-19(24)9-7-18/h3-12,24H,2,13-16H2,1H3/b12-5+. The summed E-state index contributed by atoms with van der Waals surface area (Å²) in [5.74, 6) is 1.13. The Balaban J connectivity index is 1.52. The summed E-state index contributed by atoms with van der Waals surface area (Å²) in [6.45, 7) is 5.54. The molecular weight excluding hydrogens is 328 g/mol. The third-order valence-corrected chi connectivity index (χ3v) is 4.42. The zero-order chi connectivity index (χ0) is 18.4. The van der Waals surface area contributed by atoms with Gasteiger partial charge in [0.1, 0.15) is 11.5 Å². The number of rotatable bonds is 5. The molecule has 1 heterocycles. The van der Waals surface area contributed by atoms with Crippen LogP contribution in [0.15, 0.2) is 54.6 Å². The van der Waals surface area contributed by atoms with Crippen molar-refractivity contribution < 1.29 is 14.6 Å². The lowest BCUT2D eigenvalue weighted by molar-refractivity contribution is -0.126. The highest BCUT2D eigenvalue weighted by molar-refractivity contribution is 5.92. The van der Waals surface area contributed by atoms with Crippen LogP contribution in [-0.2, 0) is 4.79 Å². The minimum Gasteiger partial charge on any atom is -0.508 e. The molecule has 26 heavy (non-hydrogen) atoms. The van der Waals surface area contributed by atoms with Crippen LogP contribution in [0.3, 0.4) is 0 Å². The number of hydrogen-bond acceptors (Lipinski definition) is 4. The lowest BCUT2D eigenvalue weighted by Crippen LogP contribution is -2.48. The van der Waals surface area contributed by atoms with Crippen LogP contribution < -0.4 is 9.64 Å². The molecule has 0 saturated carbocycles. The molecule has 1 aliphatic rings. The zero-order valence-corrected chi connectivity index (χ0v) is 15.0. The van der Waals surface area contributed by atoms with Crippen LogP contribution in [0.2, 0.25) is 0 Å². The Bertz CT molecular complexity index is 746. The van der Waals surface area contributed by atoms with Crippen LogP contribution >= 0.6 is 0 Å². The summed E-state index contributed by atoms with van der Waals surface area (Å²) in [6, 6.07) is 14.9. The van der Waals surface area contributed by atoms with Gasteiger partial charge in [-0.3, -0.25) is 4.79 Å². The first-order chi connectivity index (χ1) is 12.7. The molecular formula is C21H24N2O3. The SMILES string of the molecule is CCOc1ccc(/C=C/C(=O)N2CCN(c3ccc(O)cc3)CC2)cc1. The largest absolute Gasteiger partial charge is 0.508 e. The predicted octanol–water partition coefficient (Wildman–Crippen LogP) is 3.15. The maximum atomic E-state index is 12.4. The van der Waals surface area contributed by atoms with Gasteiger partial charge in [0.2, 0.25) is 5.91 Å². The molecule has 2 aromatic rings. The quantitative estimate of drug-likeness (QED) is 0.840. The number of nitrogens with zero attached hydrogens (tertiary/aromatic N) is 2. The molecule has 1 saturated heterocycles. The molecule has 1 fully saturated rings. The van der Waals surface area contributed by atoms with E-state index in [1.807, 2.05) is 54.3 Å². The molecule has 0 radical (unpaired) electrons. The van der Waals surface area contributed by atoms with Crippen LogP contribution in [0.5, 0.6) is 11.5 Å². The number of carbonyl (C=O) groups excluding carboxylic acids is 1. The first-order valence-electron chi connectivity index (χ1n) is 8.89. The number of anilines is 1. The zero-order valence-electron chi connectivity index (χ0n) is 15.0. The van der Waals surface area contributed by atoms with Gasteiger partial charge in [0.15, 0.2) is 0 Å². The highest BCUT2D eigenvalue weighted by Gasteiger charge is 2.19. The van der Waals surface area contributed by atoms with Gasteiger partial charge in [-0.25, -0.2) is 0 Å². The average molecular weight is 352 g/mol. The van der Waals surface area contributed by atoms with E-state index in [1.54, 1.807) is 18.2 Å². The van der Waals surface area contributed by atoms with Gasteiger partial charge in [-0.15, -0.1) is 0 Å². The number of amides is 1. The van der Waals surface area contributed by atoms with Crippen molar-refractivity contribution >= 4 is 17.7 Å². The van der Waals surface area contributed by atoms with Crippen LogP contribution in [-0.4, -0.2) is 48.7 Å². The highest BCUT2D eigenvalue weighted by Crippen LogP contribution is 2.20. The van der Waals surface area contributed by atoms with E-state index in [0.29, 0.717) is 19.7 Å². The third kappa shape index (κ3) is 4.57. The second-order valence-electron chi connectivity index (χ2n) is 6.16. The second-order valence-corrected chi connectivity index (χ2v) is 6.16. The monoisotopic (exact) mass is 352 g/mol. The summed E-state index contributed by atoms with van der Waals surface area (Å²) in [4.78, 5) is 16.5. The van der Waals surface area contributed by atoms with Crippen molar-refractivity contribution in [1.29, 1.82) is 0 Å². The second kappa shape index (κ2) is 8.43. The third-order valence-electron chi connectivity index (χ3n) is 4.42. The molecule has 1 aliphatic heterocycles. The van der Waals surface area contributed by atoms with Gasteiger partial charge in [0.25, 0.3) is 0 Å².